The minimum Gasteiger partial charge on any atom is -0.478 e. The summed E-state index contributed by atoms with van der Waals surface area (Å²) in [7, 11) is 0. The Balaban J connectivity index is 1.32. The maximum atomic E-state index is 12.8. The average Bonchev–Trinajstić information content (AvgIpc) is 3.18. The first-order valence-corrected chi connectivity index (χ1v) is 12.1. The monoisotopic (exact) mass is 489 g/mol. The number of aromatic carboxylic acids is 1. The summed E-state index contributed by atoms with van der Waals surface area (Å²) < 4.78 is 0. The summed E-state index contributed by atoms with van der Waals surface area (Å²) in [6, 6.07) is 12.4. The Hall–Kier alpha value is -2.46. The van der Waals surface area contributed by atoms with Crippen LogP contribution in [0.1, 0.15) is 21.5 Å². The minimum absolute atomic E-state index is 0.0727. The number of aryl methyl sites for hydroxylation is 1. The van der Waals surface area contributed by atoms with Gasteiger partial charge in [-0.05, 0) is 41.7 Å². The molecule has 0 aromatic heterocycles. The summed E-state index contributed by atoms with van der Waals surface area (Å²) in [5, 5.41) is 20.1. The van der Waals surface area contributed by atoms with Gasteiger partial charge in [0.05, 0.1) is 27.6 Å². The maximum absolute atomic E-state index is 12.8. The zero-order chi connectivity index (χ0) is 22.8. The van der Waals surface area contributed by atoms with Crippen LogP contribution in [0, 0.1) is 12.8 Å². The zero-order valence-electron chi connectivity index (χ0n) is 16.9. The van der Waals surface area contributed by atoms with Gasteiger partial charge in [-0.15, -0.1) is 23.5 Å². The standard InChI is InChI=1S/C22H20ClN3O4S2/c1-11-2-4-12(5-3-11)15-9-31-20-18(15)19(28)25-22(26-20)32-10-17(27)24-13-6-7-16(23)14(8-13)21(29)30/h2-9,18,20,22,26H,10H2,1H3,(H,24,27)(H,25,28)(H,29,30). The van der Waals surface area contributed by atoms with Crippen molar-refractivity contribution in [3.63, 3.8) is 0 Å². The smallest absolute Gasteiger partial charge is 0.337 e. The molecule has 7 nitrogen and oxygen atoms in total. The van der Waals surface area contributed by atoms with E-state index in [1.807, 2.05) is 36.6 Å². The Morgan fingerprint density at radius 2 is 1.97 bits per heavy atom. The molecule has 2 aliphatic rings. The van der Waals surface area contributed by atoms with Crippen molar-refractivity contribution in [2.75, 3.05) is 11.1 Å². The van der Waals surface area contributed by atoms with Gasteiger partial charge in [0.25, 0.3) is 0 Å². The third kappa shape index (κ3) is 4.96. The summed E-state index contributed by atoms with van der Waals surface area (Å²) in [4.78, 5) is 36.3. The number of hydrogen-bond acceptors (Lipinski definition) is 6. The minimum atomic E-state index is -1.17. The second-order valence-electron chi connectivity index (χ2n) is 7.39. The van der Waals surface area contributed by atoms with Gasteiger partial charge in [-0.2, -0.15) is 0 Å². The number of hydrogen-bond donors (Lipinski definition) is 4. The van der Waals surface area contributed by atoms with Crippen LogP contribution in [0.4, 0.5) is 5.69 Å². The Bertz CT molecular complexity index is 1110. The van der Waals surface area contributed by atoms with E-state index in [1.165, 1.54) is 30.0 Å². The van der Waals surface area contributed by atoms with Crippen LogP contribution in [0.3, 0.4) is 0 Å². The molecule has 3 atom stereocenters. The van der Waals surface area contributed by atoms with Gasteiger partial charge in [0.1, 0.15) is 5.50 Å². The van der Waals surface area contributed by atoms with Gasteiger partial charge < -0.3 is 15.7 Å². The van der Waals surface area contributed by atoms with Crippen molar-refractivity contribution in [3.05, 3.63) is 69.6 Å². The number of amides is 2. The third-order valence-corrected chi connectivity index (χ3v) is 7.53. The number of carboxylic acids is 1. The van der Waals surface area contributed by atoms with Crippen LogP contribution in [0.2, 0.25) is 5.02 Å². The van der Waals surface area contributed by atoms with Gasteiger partial charge in [-0.3, -0.25) is 14.9 Å². The van der Waals surface area contributed by atoms with Crippen molar-refractivity contribution in [2.24, 2.45) is 5.92 Å². The molecule has 0 spiro atoms. The van der Waals surface area contributed by atoms with Gasteiger partial charge in [0.2, 0.25) is 11.8 Å². The van der Waals surface area contributed by atoms with Crippen LogP contribution in [0.5, 0.6) is 0 Å². The fraction of sp³-hybridized carbons (Fsp3) is 0.227. The molecule has 166 valence electrons. The molecular formula is C22H20ClN3O4S2. The number of nitrogens with one attached hydrogen (secondary N) is 3. The summed E-state index contributed by atoms with van der Waals surface area (Å²) >= 11 is 8.68. The molecule has 2 aliphatic heterocycles. The number of fused-ring (bicyclic) bond motifs is 1. The predicted molar refractivity (Wildman–Crippen MR) is 129 cm³/mol. The number of carboxylic acid groups (broad SMARTS) is 1. The van der Waals surface area contributed by atoms with Gasteiger partial charge >= 0.3 is 5.97 Å². The van der Waals surface area contributed by atoms with E-state index in [1.54, 1.807) is 11.8 Å². The first-order chi connectivity index (χ1) is 15.3. The number of carbonyl (C=O) groups excluding carboxylic acids is 2. The van der Waals surface area contributed by atoms with Crippen LogP contribution in [0.25, 0.3) is 5.57 Å². The van der Waals surface area contributed by atoms with Gasteiger partial charge in [0, 0.05) is 5.69 Å². The van der Waals surface area contributed by atoms with E-state index in [9.17, 15) is 14.4 Å². The summed E-state index contributed by atoms with van der Waals surface area (Å²) in [6.07, 6.45) is 0. The molecule has 32 heavy (non-hydrogen) atoms. The molecule has 2 amide bonds. The lowest BCUT2D eigenvalue weighted by atomic mass is 9.91. The van der Waals surface area contributed by atoms with E-state index in [2.05, 4.69) is 16.0 Å². The number of halogens is 1. The number of benzene rings is 2. The number of thioether (sulfide) groups is 2. The number of rotatable bonds is 6. The molecule has 1 saturated heterocycles. The highest BCUT2D eigenvalue weighted by atomic mass is 35.5. The molecule has 0 aliphatic carbocycles. The highest BCUT2D eigenvalue weighted by Crippen LogP contribution is 2.42. The summed E-state index contributed by atoms with van der Waals surface area (Å²) in [5.74, 6) is -1.78. The van der Waals surface area contributed by atoms with E-state index in [0.717, 1.165) is 16.7 Å². The maximum Gasteiger partial charge on any atom is 0.337 e. The number of anilines is 1. The zero-order valence-corrected chi connectivity index (χ0v) is 19.3. The predicted octanol–water partition coefficient (Wildman–Crippen LogP) is 3.75. The molecule has 2 aromatic rings. The van der Waals surface area contributed by atoms with Crippen LogP contribution in [0.15, 0.2) is 47.9 Å². The molecule has 0 radical (unpaired) electrons. The van der Waals surface area contributed by atoms with Gasteiger partial charge in [-0.1, -0.05) is 41.4 Å². The lowest BCUT2D eigenvalue weighted by molar-refractivity contribution is -0.125. The quantitative estimate of drug-likeness (QED) is 0.489. The first kappa shape index (κ1) is 22.7. The third-order valence-electron chi connectivity index (χ3n) is 5.10. The molecule has 4 rings (SSSR count). The van der Waals surface area contributed by atoms with Crippen molar-refractivity contribution in [3.8, 4) is 0 Å². The molecule has 2 heterocycles. The van der Waals surface area contributed by atoms with E-state index in [-0.39, 0.29) is 39.4 Å². The van der Waals surface area contributed by atoms with Gasteiger partial charge in [0.15, 0.2) is 0 Å². The van der Waals surface area contributed by atoms with E-state index >= 15 is 0 Å². The van der Waals surface area contributed by atoms with Gasteiger partial charge in [-0.25, -0.2) is 4.79 Å². The molecular weight excluding hydrogens is 470 g/mol. The Morgan fingerprint density at radius 3 is 2.69 bits per heavy atom. The normalized spacial score (nSPS) is 22.0. The van der Waals surface area contributed by atoms with Crippen molar-refractivity contribution in [2.45, 2.75) is 17.8 Å². The molecule has 0 bridgehead atoms. The van der Waals surface area contributed by atoms with E-state index in [0.29, 0.717) is 5.69 Å². The largest absolute Gasteiger partial charge is 0.478 e. The molecule has 0 saturated carbocycles. The average molecular weight is 490 g/mol. The van der Waals surface area contributed by atoms with Crippen LogP contribution in [-0.2, 0) is 9.59 Å². The lowest BCUT2D eigenvalue weighted by Crippen LogP contribution is -2.58. The summed E-state index contributed by atoms with van der Waals surface area (Å²) in [5.41, 5.74) is 3.03. The molecule has 10 heteroatoms. The molecule has 2 aromatic carbocycles. The van der Waals surface area contributed by atoms with Crippen molar-refractivity contribution in [1.82, 2.24) is 10.6 Å². The SMILES string of the molecule is Cc1ccc(C2=CSC3NC(SCC(=O)Nc4ccc(Cl)c(C(=O)O)c4)NC(=O)C23)cc1. The Kier molecular flexibility index (Phi) is 6.80. The number of carbonyl (C=O) groups is 3. The summed E-state index contributed by atoms with van der Waals surface area (Å²) in [6.45, 7) is 2.02. The van der Waals surface area contributed by atoms with Crippen molar-refractivity contribution in [1.29, 1.82) is 0 Å². The highest BCUT2D eigenvalue weighted by Gasteiger charge is 2.42. The Morgan fingerprint density at radius 1 is 1.22 bits per heavy atom. The fourth-order valence-corrected chi connectivity index (χ4v) is 5.83. The lowest BCUT2D eigenvalue weighted by Gasteiger charge is -2.34. The molecule has 4 N–H and O–H groups in total. The van der Waals surface area contributed by atoms with E-state index < -0.39 is 11.5 Å². The second-order valence-corrected chi connectivity index (χ2v) is 9.90. The van der Waals surface area contributed by atoms with E-state index in [4.69, 9.17) is 16.7 Å². The van der Waals surface area contributed by atoms with Crippen molar-refractivity contribution < 1.29 is 19.5 Å². The topological polar surface area (TPSA) is 108 Å². The van der Waals surface area contributed by atoms with Crippen molar-refractivity contribution >= 4 is 64.2 Å². The highest BCUT2D eigenvalue weighted by molar-refractivity contribution is 8.03. The van der Waals surface area contributed by atoms with Crippen LogP contribution in [-0.4, -0.2) is 39.5 Å². The van der Waals surface area contributed by atoms with Crippen LogP contribution < -0.4 is 16.0 Å². The Labute approximate surface area is 198 Å². The second kappa shape index (κ2) is 9.58. The van der Waals surface area contributed by atoms with Crippen LogP contribution >= 0.6 is 35.1 Å². The fourth-order valence-electron chi connectivity index (χ4n) is 3.49. The molecule has 1 fully saturated rings. The molecule has 3 unspecified atom stereocenters. The first-order valence-electron chi connectivity index (χ1n) is 9.75.